The van der Waals surface area contributed by atoms with Gasteiger partial charge in [0.05, 0.1) is 28.0 Å². The maximum absolute atomic E-state index is 12.1. The Balaban J connectivity index is 1.54. The van der Waals surface area contributed by atoms with Gasteiger partial charge in [-0.2, -0.15) is 0 Å². The minimum atomic E-state index is -0.182. The quantitative estimate of drug-likeness (QED) is 0.676. The van der Waals surface area contributed by atoms with Crippen molar-refractivity contribution in [2.45, 2.75) is 6.54 Å². The molecular weight excluding hydrogens is 383 g/mol. The van der Waals surface area contributed by atoms with E-state index in [9.17, 15) is 4.79 Å². The Hall–Kier alpha value is -1.93. The Morgan fingerprint density at radius 2 is 2.12 bits per heavy atom. The Morgan fingerprint density at radius 1 is 1.28 bits per heavy atom. The molecule has 6 nitrogen and oxygen atoms in total. The normalized spacial score (nSPS) is 11.0. The largest absolute Gasteiger partial charge is 0.419 e. The lowest BCUT2D eigenvalue weighted by Crippen LogP contribution is -2.29. The summed E-state index contributed by atoms with van der Waals surface area (Å²) in [6.07, 6.45) is 0. The second-order valence-electron chi connectivity index (χ2n) is 5.33. The van der Waals surface area contributed by atoms with E-state index in [1.165, 1.54) is 11.3 Å². The van der Waals surface area contributed by atoms with Crippen molar-refractivity contribution in [1.29, 1.82) is 0 Å². The zero-order chi connectivity index (χ0) is 17.8. The van der Waals surface area contributed by atoms with E-state index in [1.54, 1.807) is 30.1 Å². The van der Waals surface area contributed by atoms with Crippen molar-refractivity contribution in [2.24, 2.45) is 0 Å². The fourth-order valence-electron chi connectivity index (χ4n) is 2.12. The molecule has 1 N–H and O–H groups in total. The first-order chi connectivity index (χ1) is 12.0. The van der Waals surface area contributed by atoms with Gasteiger partial charge in [0.1, 0.15) is 0 Å². The summed E-state index contributed by atoms with van der Waals surface area (Å²) in [4.78, 5) is 14.8. The Kier molecular flexibility index (Phi) is 5.70. The van der Waals surface area contributed by atoms with E-state index in [4.69, 9.17) is 27.6 Å². The van der Waals surface area contributed by atoms with E-state index >= 15 is 0 Å². The standard InChI is InChI=1S/C16H14Cl2N4O2S/c1-22(8-14(23)19-10-4-5-11(17)12(18)7-10)9-15-20-21-16(24-15)13-3-2-6-25-13/h2-7H,8-9H2,1H3,(H,19,23). The monoisotopic (exact) mass is 396 g/mol. The SMILES string of the molecule is CN(CC(=O)Nc1ccc(Cl)c(Cl)c1)Cc1nnc(-c2cccs2)o1. The maximum Gasteiger partial charge on any atom is 0.257 e. The fraction of sp³-hybridized carbons (Fsp3) is 0.188. The fourth-order valence-corrected chi connectivity index (χ4v) is 3.07. The van der Waals surface area contributed by atoms with Crippen molar-refractivity contribution < 1.29 is 9.21 Å². The minimum absolute atomic E-state index is 0.164. The minimum Gasteiger partial charge on any atom is -0.419 e. The number of hydrogen-bond acceptors (Lipinski definition) is 6. The summed E-state index contributed by atoms with van der Waals surface area (Å²) in [5.74, 6) is 0.755. The molecule has 0 atom stereocenters. The van der Waals surface area contributed by atoms with Crippen molar-refractivity contribution in [2.75, 3.05) is 18.9 Å². The first-order valence-corrected chi connectivity index (χ1v) is 8.94. The lowest BCUT2D eigenvalue weighted by molar-refractivity contribution is -0.117. The van der Waals surface area contributed by atoms with Crippen molar-refractivity contribution in [3.63, 3.8) is 0 Å². The number of hydrogen-bond donors (Lipinski definition) is 1. The molecule has 1 aromatic carbocycles. The molecule has 130 valence electrons. The van der Waals surface area contributed by atoms with Gasteiger partial charge in [-0.05, 0) is 36.7 Å². The number of nitrogens with one attached hydrogen (secondary N) is 1. The van der Waals surface area contributed by atoms with Gasteiger partial charge in [-0.25, -0.2) is 0 Å². The number of carbonyl (C=O) groups excluding carboxylic acids is 1. The van der Waals surface area contributed by atoms with Gasteiger partial charge in [0, 0.05) is 5.69 Å². The number of halogens is 2. The first kappa shape index (κ1) is 17.9. The molecule has 1 amide bonds. The molecule has 0 aliphatic rings. The van der Waals surface area contributed by atoms with Gasteiger partial charge >= 0.3 is 0 Å². The molecule has 2 heterocycles. The van der Waals surface area contributed by atoms with E-state index in [0.717, 1.165) is 4.88 Å². The van der Waals surface area contributed by atoms with Crippen molar-refractivity contribution in [1.82, 2.24) is 15.1 Å². The van der Waals surface area contributed by atoms with Crippen LogP contribution in [-0.2, 0) is 11.3 Å². The molecule has 0 unspecified atom stereocenters. The Morgan fingerprint density at radius 3 is 2.84 bits per heavy atom. The first-order valence-electron chi connectivity index (χ1n) is 7.31. The second-order valence-corrected chi connectivity index (χ2v) is 7.09. The molecular formula is C16H14Cl2N4O2S. The molecule has 0 spiro atoms. The summed E-state index contributed by atoms with van der Waals surface area (Å²) in [5, 5.41) is 13.6. The zero-order valence-corrected chi connectivity index (χ0v) is 15.5. The van der Waals surface area contributed by atoms with Gasteiger partial charge in [0.2, 0.25) is 11.8 Å². The summed E-state index contributed by atoms with van der Waals surface area (Å²) in [6, 6.07) is 8.76. The molecule has 3 rings (SSSR count). The molecule has 0 aliphatic carbocycles. The molecule has 0 radical (unpaired) electrons. The van der Waals surface area contributed by atoms with Crippen molar-refractivity contribution >= 4 is 46.1 Å². The number of nitrogens with zero attached hydrogens (tertiary/aromatic N) is 3. The third-order valence-corrected chi connectivity index (χ3v) is 4.82. The van der Waals surface area contributed by atoms with Crippen LogP contribution in [0.4, 0.5) is 5.69 Å². The van der Waals surface area contributed by atoms with Gasteiger partial charge in [-0.3, -0.25) is 9.69 Å². The summed E-state index contributed by atoms with van der Waals surface area (Å²) in [6.45, 7) is 0.532. The molecule has 0 saturated carbocycles. The lowest BCUT2D eigenvalue weighted by atomic mass is 10.3. The van der Waals surface area contributed by atoms with Crippen LogP contribution in [0.25, 0.3) is 10.8 Å². The van der Waals surface area contributed by atoms with Gasteiger partial charge < -0.3 is 9.73 Å². The number of rotatable bonds is 6. The molecule has 2 aromatic heterocycles. The molecule has 0 bridgehead atoms. The zero-order valence-electron chi connectivity index (χ0n) is 13.2. The van der Waals surface area contributed by atoms with Gasteiger partial charge in [-0.1, -0.05) is 29.3 Å². The lowest BCUT2D eigenvalue weighted by Gasteiger charge is -2.14. The van der Waals surface area contributed by atoms with Crippen molar-refractivity contribution in [3.05, 3.63) is 51.6 Å². The third-order valence-electron chi connectivity index (χ3n) is 3.22. The number of carbonyl (C=O) groups is 1. The van der Waals surface area contributed by atoms with E-state index in [0.29, 0.717) is 34.1 Å². The van der Waals surface area contributed by atoms with Crippen LogP contribution >= 0.6 is 34.5 Å². The van der Waals surface area contributed by atoms with E-state index in [2.05, 4.69) is 15.5 Å². The molecule has 25 heavy (non-hydrogen) atoms. The number of aromatic nitrogens is 2. The van der Waals surface area contributed by atoms with E-state index < -0.39 is 0 Å². The van der Waals surface area contributed by atoms with Crippen LogP contribution in [0.2, 0.25) is 10.0 Å². The molecule has 3 aromatic rings. The van der Waals surface area contributed by atoms with E-state index in [-0.39, 0.29) is 12.5 Å². The number of anilines is 1. The van der Waals surface area contributed by atoms with Crippen LogP contribution in [0, 0.1) is 0 Å². The summed E-state index contributed by atoms with van der Waals surface area (Å²) in [7, 11) is 1.80. The molecule has 9 heteroatoms. The second kappa shape index (κ2) is 7.97. The van der Waals surface area contributed by atoms with Crippen LogP contribution in [0.3, 0.4) is 0 Å². The highest BCUT2D eigenvalue weighted by Gasteiger charge is 2.13. The van der Waals surface area contributed by atoms with Gasteiger partial charge in [0.15, 0.2) is 0 Å². The van der Waals surface area contributed by atoms with Gasteiger partial charge in [0.25, 0.3) is 5.89 Å². The third kappa shape index (κ3) is 4.79. The summed E-state index contributed by atoms with van der Waals surface area (Å²) in [5.41, 5.74) is 0.588. The molecule has 0 saturated heterocycles. The van der Waals surface area contributed by atoms with Crippen LogP contribution in [0.15, 0.2) is 40.1 Å². The summed E-state index contributed by atoms with van der Waals surface area (Å²) >= 11 is 13.3. The van der Waals surface area contributed by atoms with Gasteiger partial charge in [-0.15, -0.1) is 21.5 Å². The molecule has 0 fully saturated rings. The highest BCUT2D eigenvalue weighted by atomic mass is 35.5. The summed E-state index contributed by atoms with van der Waals surface area (Å²) < 4.78 is 5.61. The number of thiophene rings is 1. The van der Waals surface area contributed by atoms with E-state index in [1.807, 2.05) is 17.5 Å². The maximum atomic E-state index is 12.1. The average Bonchev–Trinajstić information content (AvgIpc) is 3.21. The van der Waals surface area contributed by atoms with Crippen molar-refractivity contribution in [3.8, 4) is 10.8 Å². The average molecular weight is 397 g/mol. The molecule has 0 aliphatic heterocycles. The highest BCUT2D eigenvalue weighted by Crippen LogP contribution is 2.25. The Bertz CT molecular complexity index is 867. The number of amides is 1. The topological polar surface area (TPSA) is 71.3 Å². The highest BCUT2D eigenvalue weighted by molar-refractivity contribution is 7.13. The van der Waals surface area contributed by atoms with Crippen LogP contribution in [0.1, 0.15) is 5.89 Å². The number of likely N-dealkylation sites (N-methyl/N-ethyl adjacent to an activating group) is 1. The van der Waals surface area contributed by atoms with Crippen LogP contribution < -0.4 is 5.32 Å². The van der Waals surface area contributed by atoms with Crippen LogP contribution in [0.5, 0.6) is 0 Å². The number of benzene rings is 1. The van der Waals surface area contributed by atoms with Crippen LogP contribution in [-0.4, -0.2) is 34.6 Å². The predicted octanol–water partition coefficient (Wildman–Crippen LogP) is 4.18. The smallest absolute Gasteiger partial charge is 0.257 e. The Labute approximate surface area is 158 Å². The predicted molar refractivity (Wildman–Crippen MR) is 99.0 cm³/mol.